The summed E-state index contributed by atoms with van der Waals surface area (Å²) in [6.45, 7) is 7.44. The smallest absolute Gasteiger partial charge is 0.0431 e. The average Bonchev–Trinajstić information content (AvgIpc) is 1.87. The van der Waals surface area contributed by atoms with Gasteiger partial charge < -0.3 is 0 Å². The van der Waals surface area contributed by atoms with Gasteiger partial charge in [0.05, 0.1) is 0 Å². The molecule has 0 N–H and O–H groups in total. The van der Waals surface area contributed by atoms with Gasteiger partial charge in [-0.3, -0.25) is 0 Å². The van der Waals surface area contributed by atoms with E-state index in [1.807, 2.05) is 19.9 Å². The molecule has 0 aliphatic rings. The lowest BCUT2D eigenvalue weighted by Gasteiger charge is -1.92. The number of halogens is 1. The minimum Gasteiger partial charge on any atom is -0.0990 e. The maximum absolute atomic E-state index is 5.75. The van der Waals surface area contributed by atoms with E-state index in [1.54, 1.807) is 12.2 Å². The largest absolute Gasteiger partial charge is 0.0990 e. The molecule has 1 heteroatoms. The van der Waals surface area contributed by atoms with E-state index in [-0.39, 0.29) is 0 Å². The van der Waals surface area contributed by atoms with Crippen LogP contribution in [0, 0.1) is 0 Å². The Kier molecular flexibility index (Phi) is 4.16. The van der Waals surface area contributed by atoms with E-state index in [1.165, 1.54) is 0 Å². The minimum absolute atomic E-state index is 0.757. The Morgan fingerprint density at radius 3 is 2.44 bits per heavy atom. The first-order chi connectivity index (χ1) is 4.22. The van der Waals surface area contributed by atoms with Crippen LogP contribution in [0.3, 0.4) is 0 Å². The van der Waals surface area contributed by atoms with Crippen molar-refractivity contribution in [2.75, 3.05) is 0 Å². The third-order valence-electron chi connectivity index (χ3n) is 1.07. The van der Waals surface area contributed by atoms with Gasteiger partial charge in [0, 0.05) is 5.03 Å². The van der Waals surface area contributed by atoms with E-state index in [0.717, 1.165) is 10.6 Å². The lowest BCUT2D eigenvalue weighted by atomic mass is 10.2. The molecule has 9 heavy (non-hydrogen) atoms. The molecule has 0 fully saturated rings. The Morgan fingerprint density at radius 1 is 1.56 bits per heavy atom. The van der Waals surface area contributed by atoms with Gasteiger partial charge in [-0.25, -0.2) is 0 Å². The molecule has 0 rings (SSSR count). The second-order valence-corrected chi connectivity index (χ2v) is 2.13. The van der Waals surface area contributed by atoms with E-state index in [2.05, 4.69) is 6.58 Å². The molecule has 0 aliphatic heterocycles. The van der Waals surface area contributed by atoms with Crippen LogP contribution in [-0.4, -0.2) is 0 Å². The second kappa shape index (κ2) is 4.39. The van der Waals surface area contributed by atoms with Gasteiger partial charge in [0.1, 0.15) is 0 Å². The zero-order chi connectivity index (χ0) is 7.28. The number of allylic oxidation sites excluding steroid dienone is 5. The quantitative estimate of drug-likeness (QED) is 0.520. The van der Waals surface area contributed by atoms with Crippen LogP contribution in [0.25, 0.3) is 0 Å². The monoisotopic (exact) mass is 142 g/mol. The highest BCUT2D eigenvalue weighted by atomic mass is 35.5. The molecule has 0 aromatic heterocycles. The van der Waals surface area contributed by atoms with E-state index >= 15 is 0 Å². The van der Waals surface area contributed by atoms with Crippen molar-refractivity contribution in [3.05, 3.63) is 35.4 Å². The minimum atomic E-state index is 0.757. The molecule has 0 unspecified atom stereocenters. The van der Waals surface area contributed by atoms with Crippen LogP contribution in [0.4, 0.5) is 0 Å². The Balaban J connectivity index is 4.19. The Bertz CT molecular complexity index is 152. The van der Waals surface area contributed by atoms with Gasteiger partial charge >= 0.3 is 0 Å². The summed E-state index contributed by atoms with van der Waals surface area (Å²) >= 11 is 5.75. The average molecular weight is 143 g/mol. The van der Waals surface area contributed by atoms with Crippen molar-refractivity contribution in [1.82, 2.24) is 0 Å². The van der Waals surface area contributed by atoms with Crippen LogP contribution in [0.2, 0.25) is 0 Å². The highest BCUT2D eigenvalue weighted by Crippen LogP contribution is 2.12. The van der Waals surface area contributed by atoms with Crippen molar-refractivity contribution < 1.29 is 0 Å². The Hall–Kier alpha value is -0.490. The molecule has 0 aromatic carbocycles. The summed E-state index contributed by atoms with van der Waals surface area (Å²) in [6, 6.07) is 0. The molecule has 0 aromatic rings. The summed E-state index contributed by atoms with van der Waals surface area (Å²) in [6.07, 6.45) is 5.41. The second-order valence-electron chi connectivity index (χ2n) is 1.72. The number of hydrogen-bond acceptors (Lipinski definition) is 0. The van der Waals surface area contributed by atoms with Crippen molar-refractivity contribution in [2.45, 2.75) is 13.8 Å². The summed E-state index contributed by atoms with van der Waals surface area (Å²) in [5.41, 5.74) is 1.08. The molecule has 0 nitrogen and oxygen atoms in total. The molecular formula is C8H11Cl. The van der Waals surface area contributed by atoms with Crippen LogP contribution in [0.5, 0.6) is 0 Å². The molecule has 0 atom stereocenters. The maximum atomic E-state index is 5.75. The zero-order valence-electron chi connectivity index (χ0n) is 5.82. The third-order valence-corrected chi connectivity index (χ3v) is 1.50. The first kappa shape index (κ1) is 8.51. The van der Waals surface area contributed by atoms with Crippen LogP contribution in [-0.2, 0) is 0 Å². The maximum Gasteiger partial charge on any atom is 0.0431 e. The summed E-state index contributed by atoms with van der Waals surface area (Å²) in [4.78, 5) is 0. The van der Waals surface area contributed by atoms with Crippen molar-refractivity contribution >= 4 is 11.6 Å². The number of hydrogen-bond donors (Lipinski definition) is 0. The molecule has 0 amide bonds. The van der Waals surface area contributed by atoms with Gasteiger partial charge in [0.2, 0.25) is 0 Å². The van der Waals surface area contributed by atoms with Gasteiger partial charge in [-0.1, -0.05) is 30.3 Å². The van der Waals surface area contributed by atoms with Crippen LogP contribution >= 0.6 is 11.6 Å². The highest BCUT2D eigenvalue weighted by Gasteiger charge is 1.88. The van der Waals surface area contributed by atoms with Gasteiger partial charge in [-0.15, -0.1) is 0 Å². The van der Waals surface area contributed by atoms with Crippen molar-refractivity contribution in [3.8, 4) is 0 Å². The van der Waals surface area contributed by atoms with Crippen LogP contribution < -0.4 is 0 Å². The predicted molar refractivity (Wildman–Crippen MR) is 43.6 cm³/mol. The van der Waals surface area contributed by atoms with Gasteiger partial charge in [-0.05, 0) is 25.5 Å². The Morgan fingerprint density at radius 2 is 2.11 bits per heavy atom. The highest BCUT2D eigenvalue weighted by molar-refractivity contribution is 6.32. The summed E-state index contributed by atoms with van der Waals surface area (Å²) in [5.74, 6) is 0. The Labute approximate surface area is 61.5 Å². The standard InChI is InChI=1S/C8H11Cl/c1-4-6-8(9)7(3)5-2/h4-6H,1H2,2-3H3/b7-5-,8-6+. The predicted octanol–water partition coefficient (Wildman–Crippen LogP) is 3.26. The van der Waals surface area contributed by atoms with Crippen LogP contribution in [0.1, 0.15) is 13.8 Å². The molecule has 0 saturated heterocycles. The topological polar surface area (TPSA) is 0 Å². The molecule has 50 valence electrons. The van der Waals surface area contributed by atoms with Gasteiger partial charge in [-0.2, -0.15) is 0 Å². The number of rotatable bonds is 2. The molecule has 0 bridgehead atoms. The SMILES string of the molecule is C=C/C=C(Cl)\C(C)=C/C. The van der Waals surface area contributed by atoms with E-state index in [0.29, 0.717) is 0 Å². The summed E-state index contributed by atoms with van der Waals surface area (Å²) in [5, 5.41) is 0.757. The van der Waals surface area contributed by atoms with Crippen molar-refractivity contribution in [3.63, 3.8) is 0 Å². The zero-order valence-corrected chi connectivity index (χ0v) is 6.57. The molecule has 0 saturated carbocycles. The fourth-order valence-electron chi connectivity index (χ4n) is 0.373. The lowest BCUT2D eigenvalue weighted by Crippen LogP contribution is -1.71. The summed E-state index contributed by atoms with van der Waals surface area (Å²) < 4.78 is 0. The first-order valence-electron chi connectivity index (χ1n) is 2.84. The van der Waals surface area contributed by atoms with E-state index in [4.69, 9.17) is 11.6 Å². The van der Waals surface area contributed by atoms with Crippen LogP contribution in [0.15, 0.2) is 35.4 Å². The first-order valence-corrected chi connectivity index (χ1v) is 3.21. The van der Waals surface area contributed by atoms with Gasteiger partial charge in [0.25, 0.3) is 0 Å². The molecule has 0 radical (unpaired) electrons. The molecule has 0 heterocycles. The molecule has 0 spiro atoms. The van der Waals surface area contributed by atoms with Crippen molar-refractivity contribution in [1.29, 1.82) is 0 Å². The fourth-order valence-corrected chi connectivity index (χ4v) is 0.571. The van der Waals surface area contributed by atoms with E-state index < -0.39 is 0 Å². The fraction of sp³-hybridized carbons (Fsp3) is 0.250. The normalized spacial score (nSPS) is 13.7. The van der Waals surface area contributed by atoms with Gasteiger partial charge in [0.15, 0.2) is 0 Å². The summed E-state index contributed by atoms with van der Waals surface area (Å²) in [7, 11) is 0. The van der Waals surface area contributed by atoms with Crippen molar-refractivity contribution in [2.24, 2.45) is 0 Å². The third kappa shape index (κ3) is 3.15. The lowest BCUT2D eigenvalue weighted by molar-refractivity contribution is 1.45. The molecular weight excluding hydrogens is 132 g/mol. The molecule has 0 aliphatic carbocycles. The van der Waals surface area contributed by atoms with E-state index in [9.17, 15) is 0 Å².